The number of piperidine rings is 1. The number of hydrogen-bond acceptors (Lipinski definition) is 2. The van der Waals surface area contributed by atoms with Crippen LogP contribution in [0.2, 0.25) is 0 Å². The number of guanidine groups is 1. The van der Waals surface area contributed by atoms with Gasteiger partial charge in [-0.1, -0.05) is 0 Å². The normalized spacial score (nSPS) is 17.4. The Labute approximate surface area is 118 Å². The largest absolute Gasteiger partial charge is 0.359 e. The smallest absolute Gasteiger partial charge is 0.257 e. The molecule has 0 saturated carbocycles. The highest BCUT2D eigenvalue weighted by atomic mass is 19.3. The molecular weight excluding hydrogens is 266 g/mol. The third-order valence-corrected chi connectivity index (χ3v) is 3.38. The fourth-order valence-electron chi connectivity index (χ4n) is 2.29. The van der Waals surface area contributed by atoms with E-state index in [1.165, 1.54) is 0 Å². The number of likely N-dealkylation sites (tertiary alicyclic amines) is 1. The van der Waals surface area contributed by atoms with Crippen molar-refractivity contribution < 1.29 is 13.6 Å². The van der Waals surface area contributed by atoms with Gasteiger partial charge in [0.2, 0.25) is 5.91 Å². The van der Waals surface area contributed by atoms with Crippen LogP contribution in [0, 0.1) is 5.92 Å². The van der Waals surface area contributed by atoms with Crippen LogP contribution in [-0.4, -0.2) is 56.4 Å². The van der Waals surface area contributed by atoms with E-state index >= 15 is 0 Å². The molecule has 0 radical (unpaired) electrons. The molecule has 1 aliphatic rings. The highest BCUT2D eigenvalue weighted by Gasteiger charge is 2.23. The molecule has 5 nitrogen and oxygen atoms in total. The van der Waals surface area contributed by atoms with Crippen molar-refractivity contribution in [3.05, 3.63) is 0 Å². The van der Waals surface area contributed by atoms with E-state index in [0.29, 0.717) is 24.8 Å². The number of hydrogen-bond donors (Lipinski definition) is 2. The summed E-state index contributed by atoms with van der Waals surface area (Å²) < 4.78 is 24.5. The van der Waals surface area contributed by atoms with Crippen LogP contribution < -0.4 is 10.6 Å². The SMILES string of the molecule is CCNC(=NCC(F)F)N1CCC(CC(=O)NC)CC1. The standard InChI is InChI=1S/C13H24F2N4O/c1-3-17-13(18-9-11(14)15)19-6-4-10(5-7-19)8-12(20)16-2/h10-11H,3-9H2,1-2H3,(H,16,20)(H,17,18). The third-order valence-electron chi connectivity index (χ3n) is 3.38. The molecule has 1 amide bonds. The van der Waals surface area contributed by atoms with Gasteiger partial charge in [-0.3, -0.25) is 4.79 Å². The first-order valence-corrected chi connectivity index (χ1v) is 7.08. The predicted molar refractivity (Wildman–Crippen MR) is 75.0 cm³/mol. The van der Waals surface area contributed by atoms with Gasteiger partial charge in [0.1, 0.15) is 6.54 Å². The number of halogens is 2. The van der Waals surface area contributed by atoms with E-state index in [0.717, 1.165) is 25.9 Å². The Hall–Kier alpha value is -1.40. The van der Waals surface area contributed by atoms with Crippen molar-refractivity contribution in [3.8, 4) is 0 Å². The van der Waals surface area contributed by atoms with Gasteiger partial charge in [-0.05, 0) is 25.7 Å². The maximum absolute atomic E-state index is 12.2. The van der Waals surface area contributed by atoms with Gasteiger partial charge in [0.25, 0.3) is 6.43 Å². The number of nitrogens with zero attached hydrogens (tertiary/aromatic N) is 2. The van der Waals surface area contributed by atoms with Gasteiger partial charge in [-0.25, -0.2) is 13.8 Å². The van der Waals surface area contributed by atoms with Crippen LogP contribution in [0.5, 0.6) is 0 Å². The number of rotatable bonds is 5. The second-order valence-corrected chi connectivity index (χ2v) is 4.89. The number of carbonyl (C=O) groups excluding carboxylic acids is 1. The Morgan fingerprint density at radius 2 is 2.05 bits per heavy atom. The monoisotopic (exact) mass is 290 g/mol. The van der Waals surface area contributed by atoms with E-state index in [4.69, 9.17) is 0 Å². The summed E-state index contributed by atoms with van der Waals surface area (Å²) in [6.45, 7) is 3.59. The first kappa shape index (κ1) is 16.7. The Balaban J connectivity index is 2.48. The van der Waals surface area contributed by atoms with Crippen molar-refractivity contribution in [1.29, 1.82) is 0 Å². The number of nitrogens with one attached hydrogen (secondary N) is 2. The highest BCUT2D eigenvalue weighted by Crippen LogP contribution is 2.20. The van der Waals surface area contributed by atoms with Gasteiger partial charge in [0.15, 0.2) is 5.96 Å². The molecule has 0 atom stereocenters. The summed E-state index contributed by atoms with van der Waals surface area (Å²) in [5, 5.41) is 5.67. The Morgan fingerprint density at radius 3 is 2.55 bits per heavy atom. The fraction of sp³-hybridized carbons (Fsp3) is 0.846. The Bertz CT molecular complexity index is 328. The van der Waals surface area contributed by atoms with E-state index in [2.05, 4.69) is 15.6 Å². The minimum atomic E-state index is -2.42. The topological polar surface area (TPSA) is 56.7 Å². The number of amides is 1. The van der Waals surface area contributed by atoms with Gasteiger partial charge in [-0.2, -0.15) is 0 Å². The second-order valence-electron chi connectivity index (χ2n) is 4.89. The molecule has 1 fully saturated rings. The lowest BCUT2D eigenvalue weighted by atomic mass is 9.93. The molecule has 116 valence electrons. The summed E-state index contributed by atoms with van der Waals surface area (Å²) in [6.07, 6.45) is -0.122. The van der Waals surface area contributed by atoms with Crippen LogP contribution in [0.15, 0.2) is 4.99 Å². The molecule has 0 aromatic rings. The Morgan fingerprint density at radius 1 is 1.40 bits per heavy atom. The second kappa shape index (κ2) is 8.71. The summed E-state index contributed by atoms with van der Waals surface area (Å²) in [5.74, 6) is 0.970. The lowest BCUT2D eigenvalue weighted by Gasteiger charge is -2.34. The zero-order valence-electron chi connectivity index (χ0n) is 12.2. The highest BCUT2D eigenvalue weighted by molar-refractivity contribution is 5.80. The van der Waals surface area contributed by atoms with E-state index < -0.39 is 13.0 Å². The van der Waals surface area contributed by atoms with E-state index in [9.17, 15) is 13.6 Å². The van der Waals surface area contributed by atoms with Gasteiger partial charge in [0.05, 0.1) is 0 Å². The molecule has 1 rings (SSSR count). The van der Waals surface area contributed by atoms with Crippen LogP contribution in [0.4, 0.5) is 8.78 Å². The third kappa shape index (κ3) is 5.71. The maximum Gasteiger partial charge on any atom is 0.257 e. The van der Waals surface area contributed by atoms with Gasteiger partial charge in [0, 0.05) is 33.1 Å². The van der Waals surface area contributed by atoms with Crippen molar-refractivity contribution >= 4 is 11.9 Å². The predicted octanol–water partition coefficient (Wildman–Crippen LogP) is 1.07. The van der Waals surface area contributed by atoms with Crippen molar-refractivity contribution in [3.63, 3.8) is 0 Å². The van der Waals surface area contributed by atoms with Crippen molar-refractivity contribution in [1.82, 2.24) is 15.5 Å². The van der Waals surface area contributed by atoms with Crippen LogP contribution in [-0.2, 0) is 4.79 Å². The molecule has 7 heteroatoms. The first-order chi connectivity index (χ1) is 9.56. The Kier molecular flexibility index (Phi) is 7.25. The molecule has 20 heavy (non-hydrogen) atoms. The number of aliphatic imine (C=N–C) groups is 1. The molecule has 0 aromatic heterocycles. The summed E-state index contributed by atoms with van der Waals surface area (Å²) in [4.78, 5) is 17.3. The zero-order chi connectivity index (χ0) is 15.0. The molecular formula is C13H24F2N4O. The summed E-state index contributed by atoms with van der Waals surface area (Å²) in [6, 6.07) is 0. The average Bonchev–Trinajstić information content (AvgIpc) is 2.44. The van der Waals surface area contributed by atoms with Crippen LogP contribution >= 0.6 is 0 Å². The number of carbonyl (C=O) groups is 1. The van der Waals surface area contributed by atoms with E-state index in [-0.39, 0.29) is 5.91 Å². The molecule has 0 aliphatic carbocycles. The van der Waals surface area contributed by atoms with E-state index in [1.807, 2.05) is 11.8 Å². The summed E-state index contributed by atoms with van der Waals surface area (Å²) in [7, 11) is 1.64. The van der Waals surface area contributed by atoms with E-state index in [1.54, 1.807) is 7.05 Å². The molecule has 2 N–H and O–H groups in total. The summed E-state index contributed by atoms with van der Waals surface area (Å²) >= 11 is 0. The average molecular weight is 290 g/mol. The van der Waals surface area contributed by atoms with Gasteiger partial charge >= 0.3 is 0 Å². The minimum Gasteiger partial charge on any atom is -0.359 e. The number of alkyl halides is 2. The zero-order valence-corrected chi connectivity index (χ0v) is 12.2. The van der Waals surface area contributed by atoms with Crippen LogP contribution in [0.3, 0.4) is 0 Å². The van der Waals surface area contributed by atoms with Gasteiger partial charge < -0.3 is 15.5 Å². The van der Waals surface area contributed by atoms with Crippen molar-refractivity contribution in [2.24, 2.45) is 10.9 Å². The molecule has 1 aliphatic heterocycles. The maximum atomic E-state index is 12.2. The molecule has 0 aromatic carbocycles. The quantitative estimate of drug-likeness (QED) is 0.588. The van der Waals surface area contributed by atoms with Crippen molar-refractivity contribution in [2.75, 3.05) is 33.2 Å². The van der Waals surface area contributed by atoms with Crippen molar-refractivity contribution in [2.45, 2.75) is 32.6 Å². The molecule has 0 spiro atoms. The molecule has 0 unspecified atom stereocenters. The summed E-state index contributed by atoms with van der Waals surface area (Å²) in [5.41, 5.74) is 0. The van der Waals surface area contributed by atoms with Crippen LogP contribution in [0.1, 0.15) is 26.2 Å². The van der Waals surface area contributed by atoms with Gasteiger partial charge in [-0.15, -0.1) is 0 Å². The molecule has 1 heterocycles. The lowest BCUT2D eigenvalue weighted by Crippen LogP contribution is -2.46. The lowest BCUT2D eigenvalue weighted by molar-refractivity contribution is -0.121. The molecule has 0 bridgehead atoms. The van der Waals surface area contributed by atoms with Crippen LogP contribution in [0.25, 0.3) is 0 Å². The first-order valence-electron chi connectivity index (χ1n) is 7.08. The fourth-order valence-corrected chi connectivity index (χ4v) is 2.29. The molecule has 1 saturated heterocycles. The minimum absolute atomic E-state index is 0.0572.